The van der Waals surface area contributed by atoms with Crippen LogP contribution in [-0.2, 0) is 0 Å². The first-order valence-electron chi connectivity index (χ1n) is 24.1. The molecule has 0 spiro atoms. The number of carboxylic acids is 1. The monoisotopic (exact) mass is 1180 g/mol. The van der Waals surface area contributed by atoms with E-state index in [0.29, 0.717) is 70.2 Å². The van der Waals surface area contributed by atoms with Gasteiger partial charge in [-0.3, -0.25) is 13.6 Å². The maximum absolute atomic E-state index is 14.3. The van der Waals surface area contributed by atoms with E-state index in [9.17, 15) is 81.4 Å². The van der Waals surface area contributed by atoms with E-state index >= 15 is 0 Å². The number of benzene rings is 4. The number of nitrogens with one attached hydrogen (secondary N) is 3. The van der Waals surface area contributed by atoms with Crippen molar-refractivity contribution in [2.45, 2.75) is 70.1 Å². The number of halogens is 14. The minimum atomic E-state index is -5.11. The molecule has 8 aromatic rings. The van der Waals surface area contributed by atoms with Crippen LogP contribution in [-0.4, -0.2) is 79.5 Å². The van der Waals surface area contributed by atoms with E-state index in [1.165, 1.54) is 57.9 Å². The van der Waals surface area contributed by atoms with Gasteiger partial charge in [0.15, 0.2) is 34.4 Å². The quantitative estimate of drug-likeness (QED) is 0.0633. The van der Waals surface area contributed by atoms with Crippen LogP contribution >= 0.6 is 0 Å². The van der Waals surface area contributed by atoms with E-state index in [1.807, 2.05) is 0 Å². The highest BCUT2D eigenvalue weighted by Crippen LogP contribution is 2.38. The molecule has 0 unspecified atom stereocenters. The van der Waals surface area contributed by atoms with Gasteiger partial charge >= 0.3 is 31.0 Å². The normalized spacial score (nSPS) is 13.1. The molecule has 1 aliphatic carbocycles. The second-order valence-corrected chi connectivity index (χ2v) is 18.4. The SMILES string of the molecule is Cc1cc(-c2cnc3c(NCCC(F)(F)F)cc(Oc4ccc(OC(F)(F)F)c(F)c4)cn23)ccc1C(=O)NC1(C#N)CC1.Cc1cc(-c2cnc3c(NCCC(F)(F)F)cc(Oc4ccc(OC(F)(F)F)c(F)c4)cn23)ccc1C(=O)O. The Morgan fingerprint density at radius 2 is 1.04 bits per heavy atom. The van der Waals surface area contributed by atoms with Crippen LogP contribution in [0.3, 0.4) is 0 Å². The van der Waals surface area contributed by atoms with Gasteiger partial charge in [0.2, 0.25) is 0 Å². The molecule has 9 rings (SSSR count). The average Bonchev–Trinajstić information content (AvgIpc) is 3.75. The summed E-state index contributed by atoms with van der Waals surface area (Å²) in [5.74, 6) is -6.83. The number of aromatic carboxylic acids is 1. The number of carbonyl (C=O) groups is 2. The Balaban J connectivity index is 0.000000219. The largest absolute Gasteiger partial charge is 0.573 e. The van der Waals surface area contributed by atoms with Crippen LogP contribution in [0.4, 0.5) is 72.8 Å². The van der Waals surface area contributed by atoms with E-state index in [0.717, 1.165) is 18.2 Å². The smallest absolute Gasteiger partial charge is 0.478 e. The van der Waals surface area contributed by atoms with Crippen LogP contribution in [0.25, 0.3) is 33.8 Å². The van der Waals surface area contributed by atoms with E-state index in [2.05, 4.69) is 41.5 Å². The number of anilines is 2. The fourth-order valence-corrected chi connectivity index (χ4v) is 8.19. The Bertz CT molecular complexity index is 3790. The molecule has 0 aliphatic heterocycles. The Morgan fingerprint density at radius 1 is 0.614 bits per heavy atom. The fourth-order valence-electron chi connectivity index (χ4n) is 8.19. The molecule has 0 atom stereocenters. The van der Waals surface area contributed by atoms with Crippen LogP contribution in [0.5, 0.6) is 34.5 Å². The molecule has 0 bridgehead atoms. The lowest BCUT2D eigenvalue weighted by atomic mass is 10.0. The highest BCUT2D eigenvalue weighted by Gasteiger charge is 2.45. The molecule has 1 fully saturated rings. The molecule has 15 nitrogen and oxygen atoms in total. The number of nitriles is 1. The van der Waals surface area contributed by atoms with Gasteiger partial charge in [0.25, 0.3) is 5.91 Å². The third-order valence-electron chi connectivity index (χ3n) is 12.2. The molecule has 0 saturated heterocycles. The minimum absolute atomic E-state index is 0.00546. The highest BCUT2D eigenvalue weighted by atomic mass is 19.4. The molecule has 4 aromatic heterocycles. The topological polar surface area (TPSA) is 186 Å². The summed E-state index contributed by atoms with van der Waals surface area (Å²) in [6.45, 7) is 2.29. The number of hydrogen-bond acceptors (Lipinski definition) is 11. The molecular weight excluding hydrogens is 1140 g/mol. The molecule has 1 amide bonds. The van der Waals surface area contributed by atoms with Crippen molar-refractivity contribution >= 4 is 34.5 Å². The van der Waals surface area contributed by atoms with Crippen molar-refractivity contribution < 1.29 is 95.1 Å². The predicted octanol–water partition coefficient (Wildman–Crippen LogP) is 14.5. The number of nitrogens with zero attached hydrogens (tertiary/aromatic N) is 5. The summed E-state index contributed by atoms with van der Waals surface area (Å²) < 4.78 is 201. The Hall–Kier alpha value is -9.49. The summed E-state index contributed by atoms with van der Waals surface area (Å²) in [4.78, 5) is 32.7. The van der Waals surface area contributed by atoms with Gasteiger partial charge in [0, 0.05) is 54.0 Å². The number of fused-ring (bicyclic) bond motifs is 2. The van der Waals surface area contributed by atoms with Crippen molar-refractivity contribution in [1.29, 1.82) is 5.26 Å². The first-order chi connectivity index (χ1) is 38.8. The third-order valence-corrected chi connectivity index (χ3v) is 12.2. The van der Waals surface area contributed by atoms with E-state index < -0.39 is 91.6 Å². The van der Waals surface area contributed by atoms with Gasteiger partial charge < -0.3 is 40.0 Å². The maximum atomic E-state index is 14.3. The van der Waals surface area contributed by atoms with Crippen LogP contribution in [0.2, 0.25) is 0 Å². The van der Waals surface area contributed by atoms with Gasteiger partial charge in [-0.1, -0.05) is 12.1 Å². The van der Waals surface area contributed by atoms with Crippen LogP contribution in [0.15, 0.2) is 110 Å². The number of ether oxygens (including phenoxy) is 4. The lowest BCUT2D eigenvalue weighted by Gasteiger charge is -2.15. The number of pyridine rings is 2. The predicted molar refractivity (Wildman–Crippen MR) is 267 cm³/mol. The summed E-state index contributed by atoms with van der Waals surface area (Å²) in [5.41, 5.74) is 3.27. The molecule has 29 heteroatoms. The molecule has 0 radical (unpaired) electrons. The van der Waals surface area contributed by atoms with Crippen LogP contribution < -0.4 is 34.9 Å². The molecule has 4 N–H and O–H groups in total. The van der Waals surface area contributed by atoms with Gasteiger partial charge in [-0.15, -0.1) is 26.3 Å². The molecule has 4 aromatic carbocycles. The fraction of sp³-hybridized carbons (Fsp3) is 0.241. The van der Waals surface area contributed by atoms with Gasteiger partial charge in [-0.2, -0.15) is 31.6 Å². The Labute approximate surface area is 458 Å². The number of imidazole rings is 2. The molecular formula is C54H40F14N8O7. The molecule has 1 aliphatic rings. The van der Waals surface area contributed by atoms with Crippen molar-refractivity contribution in [1.82, 2.24) is 24.1 Å². The zero-order valence-corrected chi connectivity index (χ0v) is 42.6. The number of hydrogen-bond donors (Lipinski definition) is 4. The highest BCUT2D eigenvalue weighted by molar-refractivity contribution is 5.97. The molecule has 1 saturated carbocycles. The molecule has 436 valence electrons. The zero-order valence-electron chi connectivity index (χ0n) is 42.6. The first kappa shape index (κ1) is 59.6. The van der Waals surface area contributed by atoms with Crippen LogP contribution in [0.1, 0.15) is 57.5 Å². The van der Waals surface area contributed by atoms with E-state index in [-0.39, 0.29) is 51.2 Å². The van der Waals surface area contributed by atoms with Crippen LogP contribution in [0, 0.1) is 36.8 Å². The Morgan fingerprint density at radius 3 is 1.39 bits per heavy atom. The molecule has 83 heavy (non-hydrogen) atoms. The van der Waals surface area contributed by atoms with Gasteiger partial charge in [-0.25, -0.2) is 23.5 Å². The van der Waals surface area contributed by atoms with E-state index in [4.69, 9.17) is 9.47 Å². The zero-order chi connectivity index (χ0) is 60.4. The number of aromatic nitrogens is 4. The summed E-state index contributed by atoms with van der Waals surface area (Å²) in [7, 11) is 0. The van der Waals surface area contributed by atoms with Gasteiger partial charge in [-0.05, 0) is 86.3 Å². The second-order valence-electron chi connectivity index (χ2n) is 18.4. The average molecular weight is 1180 g/mol. The minimum Gasteiger partial charge on any atom is -0.478 e. The van der Waals surface area contributed by atoms with Crippen molar-refractivity contribution in [3.05, 3.63) is 144 Å². The number of rotatable bonds is 17. The van der Waals surface area contributed by atoms with Gasteiger partial charge in [0.1, 0.15) is 28.5 Å². The van der Waals surface area contributed by atoms with Gasteiger partial charge in [0.05, 0.1) is 72.0 Å². The lowest BCUT2D eigenvalue weighted by Crippen LogP contribution is -2.35. The Kier molecular flexibility index (Phi) is 16.6. The summed E-state index contributed by atoms with van der Waals surface area (Å²) >= 11 is 0. The third kappa shape index (κ3) is 15.3. The summed E-state index contributed by atoms with van der Waals surface area (Å²) in [6, 6.07) is 19.0. The first-order valence-corrected chi connectivity index (χ1v) is 24.1. The molecule has 4 heterocycles. The lowest BCUT2D eigenvalue weighted by molar-refractivity contribution is -0.276. The summed E-state index contributed by atoms with van der Waals surface area (Å²) in [6.07, 6.45) is -14.6. The standard InChI is InChI=1S/C29H22F7N5O3.C25H18F7N3O4/c1-16-10-17(2-4-20(16)26(42)40-27(15-37)6-7-27)23-13-39-25-22(38-9-8-28(31,32)33)12-19(14-41(23)25)43-18-3-5-24(21(30)11-18)44-29(34,35)36;1-13-8-14(2-4-17(13)23(36)37)20-11-34-22-19(33-7-6-24(27,28)29)10-16(12-35(20)22)38-15-3-5-21(18(26)9-15)39-25(30,31)32/h2-5,10-14,38H,6-9H2,1H3,(H,40,42);2-5,8-12,33H,6-7H2,1H3,(H,36,37). The summed E-state index contributed by atoms with van der Waals surface area (Å²) in [5, 5.41) is 26.6. The number of carbonyl (C=O) groups excluding carboxylic acids is 1. The number of amides is 1. The van der Waals surface area contributed by atoms with Crippen molar-refractivity contribution in [2.75, 3.05) is 23.7 Å². The van der Waals surface area contributed by atoms with Crippen molar-refractivity contribution in [3.63, 3.8) is 0 Å². The number of alkyl halides is 12. The van der Waals surface area contributed by atoms with E-state index in [1.54, 1.807) is 38.1 Å². The second kappa shape index (κ2) is 23.2. The number of aryl methyl sites for hydroxylation is 2. The van der Waals surface area contributed by atoms with Crippen molar-refractivity contribution in [3.8, 4) is 63.1 Å². The van der Waals surface area contributed by atoms with Crippen molar-refractivity contribution in [2.24, 2.45) is 0 Å². The maximum Gasteiger partial charge on any atom is 0.573 e. The number of carboxylic acid groups (broad SMARTS) is 1.